The van der Waals surface area contributed by atoms with Gasteiger partial charge in [0.2, 0.25) is 5.91 Å². The van der Waals surface area contributed by atoms with Crippen molar-refractivity contribution in [2.75, 3.05) is 0 Å². The van der Waals surface area contributed by atoms with Gasteiger partial charge in [-0.2, -0.15) is 0 Å². The number of fused-ring (bicyclic) bond motifs is 1. The number of carbonyl (C=O) groups excluding carboxylic acids is 2. The van der Waals surface area contributed by atoms with Gasteiger partial charge in [0.05, 0.1) is 17.2 Å². The van der Waals surface area contributed by atoms with E-state index < -0.39 is 11.8 Å². The van der Waals surface area contributed by atoms with E-state index >= 15 is 0 Å². The molecule has 0 aliphatic carbocycles. The third kappa shape index (κ3) is 3.89. The van der Waals surface area contributed by atoms with E-state index in [4.69, 9.17) is 0 Å². The molecule has 7 nitrogen and oxygen atoms in total. The molecule has 0 aliphatic rings. The van der Waals surface area contributed by atoms with E-state index in [1.54, 1.807) is 48.5 Å². The van der Waals surface area contributed by atoms with Crippen molar-refractivity contribution in [1.82, 2.24) is 20.4 Å². The Balaban J connectivity index is 1.57. The van der Waals surface area contributed by atoms with Crippen LogP contribution in [0, 0.1) is 0 Å². The van der Waals surface area contributed by atoms with E-state index in [0.717, 1.165) is 0 Å². The molecule has 2 amide bonds. The molecule has 7 heteroatoms. The van der Waals surface area contributed by atoms with Crippen molar-refractivity contribution in [3.05, 3.63) is 76.8 Å². The molecule has 0 saturated heterocycles. The highest BCUT2D eigenvalue weighted by atomic mass is 16.2. The number of aryl methyl sites for hydroxylation is 1. The molecule has 0 fully saturated rings. The van der Waals surface area contributed by atoms with Crippen LogP contribution in [0.1, 0.15) is 16.8 Å². The molecule has 3 aromatic rings. The third-order valence-electron chi connectivity index (χ3n) is 3.66. The number of aromatic nitrogens is 2. The second-order valence-corrected chi connectivity index (χ2v) is 5.38. The monoisotopic (exact) mass is 336 g/mol. The maximum atomic E-state index is 12.3. The summed E-state index contributed by atoms with van der Waals surface area (Å²) in [6.07, 6.45) is 1.45. The summed E-state index contributed by atoms with van der Waals surface area (Å²) in [5.74, 6) is -0.803. The van der Waals surface area contributed by atoms with Crippen LogP contribution >= 0.6 is 0 Å². The number of nitrogens with zero attached hydrogens (tertiary/aromatic N) is 2. The second kappa shape index (κ2) is 7.39. The zero-order chi connectivity index (χ0) is 17.6. The van der Waals surface area contributed by atoms with Gasteiger partial charge in [-0.25, -0.2) is 4.98 Å². The van der Waals surface area contributed by atoms with E-state index in [1.807, 2.05) is 6.07 Å². The summed E-state index contributed by atoms with van der Waals surface area (Å²) < 4.78 is 1.38. The molecule has 126 valence electrons. The van der Waals surface area contributed by atoms with Gasteiger partial charge in [0.25, 0.3) is 11.5 Å². The summed E-state index contributed by atoms with van der Waals surface area (Å²) >= 11 is 0. The minimum absolute atomic E-state index is 0.0367. The van der Waals surface area contributed by atoms with Crippen molar-refractivity contribution in [2.45, 2.75) is 13.0 Å². The van der Waals surface area contributed by atoms with E-state index in [9.17, 15) is 14.4 Å². The number of hydrazine groups is 1. The first kappa shape index (κ1) is 16.4. The van der Waals surface area contributed by atoms with Crippen LogP contribution in [0.25, 0.3) is 10.9 Å². The molecule has 1 heterocycles. The standard InChI is InChI=1S/C18H16N4O3/c23-16(20-21-17(24)13-6-2-1-3-7-13)10-11-22-12-19-15-9-5-4-8-14(15)18(22)25/h1-9,12H,10-11H2,(H,20,23)(H,21,24). The molecule has 25 heavy (non-hydrogen) atoms. The van der Waals surface area contributed by atoms with E-state index in [2.05, 4.69) is 15.8 Å². The molecule has 0 radical (unpaired) electrons. The molecule has 0 unspecified atom stereocenters. The van der Waals surface area contributed by atoms with Gasteiger partial charge in [-0.15, -0.1) is 0 Å². The molecule has 2 aromatic carbocycles. The Morgan fingerprint density at radius 2 is 1.68 bits per heavy atom. The Labute approximate surface area is 143 Å². The SMILES string of the molecule is O=C(CCn1cnc2ccccc2c1=O)NNC(=O)c1ccccc1. The Morgan fingerprint density at radius 1 is 0.960 bits per heavy atom. The fourth-order valence-electron chi connectivity index (χ4n) is 2.34. The fraction of sp³-hybridized carbons (Fsp3) is 0.111. The Hall–Kier alpha value is -3.48. The zero-order valence-electron chi connectivity index (χ0n) is 13.3. The van der Waals surface area contributed by atoms with Crippen LogP contribution in [0.15, 0.2) is 65.7 Å². The average Bonchev–Trinajstić information content (AvgIpc) is 2.66. The maximum Gasteiger partial charge on any atom is 0.269 e. The van der Waals surface area contributed by atoms with Gasteiger partial charge in [-0.3, -0.25) is 29.8 Å². The third-order valence-corrected chi connectivity index (χ3v) is 3.66. The van der Waals surface area contributed by atoms with Gasteiger partial charge in [-0.05, 0) is 24.3 Å². The molecule has 0 aliphatic heterocycles. The van der Waals surface area contributed by atoms with Crippen LogP contribution in [0.3, 0.4) is 0 Å². The Morgan fingerprint density at radius 3 is 2.48 bits per heavy atom. The number of rotatable bonds is 4. The summed E-state index contributed by atoms with van der Waals surface area (Å²) in [6.45, 7) is 0.170. The summed E-state index contributed by atoms with van der Waals surface area (Å²) in [4.78, 5) is 40.2. The topological polar surface area (TPSA) is 93.1 Å². The van der Waals surface area contributed by atoms with E-state index in [0.29, 0.717) is 16.5 Å². The van der Waals surface area contributed by atoms with Crippen LogP contribution in [0.5, 0.6) is 0 Å². The number of nitrogens with one attached hydrogen (secondary N) is 2. The normalized spacial score (nSPS) is 10.4. The lowest BCUT2D eigenvalue weighted by molar-refractivity contribution is -0.122. The van der Waals surface area contributed by atoms with Crippen molar-refractivity contribution in [3.63, 3.8) is 0 Å². The minimum Gasteiger partial charge on any atom is -0.298 e. The van der Waals surface area contributed by atoms with Crippen LogP contribution in [-0.2, 0) is 11.3 Å². The Bertz CT molecular complexity index is 967. The zero-order valence-corrected chi connectivity index (χ0v) is 13.3. The van der Waals surface area contributed by atoms with Crippen molar-refractivity contribution in [3.8, 4) is 0 Å². The number of hydrogen-bond donors (Lipinski definition) is 2. The number of carbonyl (C=O) groups is 2. The summed E-state index contributed by atoms with van der Waals surface area (Å²) in [5.41, 5.74) is 5.53. The van der Waals surface area contributed by atoms with Gasteiger partial charge < -0.3 is 0 Å². The highest BCUT2D eigenvalue weighted by Gasteiger charge is 2.08. The maximum absolute atomic E-state index is 12.3. The van der Waals surface area contributed by atoms with Gasteiger partial charge in [0, 0.05) is 18.5 Å². The Kier molecular flexibility index (Phi) is 4.84. The lowest BCUT2D eigenvalue weighted by Crippen LogP contribution is -2.42. The van der Waals surface area contributed by atoms with E-state index in [1.165, 1.54) is 10.9 Å². The molecular formula is C18H16N4O3. The first-order valence-corrected chi connectivity index (χ1v) is 7.73. The first-order chi connectivity index (χ1) is 12.1. The summed E-state index contributed by atoms with van der Waals surface area (Å²) in [6, 6.07) is 15.6. The quantitative estimate of drug-likeness (QED) is 0.701. The molecule has 0 atom stereocenters. The van der Waals surface area contributed by atoms with Crippen LogP contribution in [0.2, 0.25) is 0 Å². The molecule has 0 bridgehead atoms. The first-order valence-electron chi connectivity index (χ1n) is 7.73. The molecule has 1 aromatic heterocycles. The lowest BCUT2D eigenvalue weighted by Gasteiger charge is -2.09. The molecule has 0 spiro atoms. The van der Waals surface area contributed by atoms with Crippen LogP contribution in [0.4, 0.5) is 0 Å². The predicted octanol–water partition coefficient (Wildman–Crippen LogP) is 1.25. The van der Waals surface area contributed by atoms with Crippen LogP contribution < -0.4 is 16.4 Å². The van der Waals surface area contributed by atoms with Gasteiger partial charge >= 0.3 is 0 Å². The predicted molar refractivity (Wildman–Crippen MR) is 92.7 cm³/mol. The van der Waals surface area contributed by atoms with Gasteiger partial charge in [0.15, 0.2) is 0 Å². The van der Waals surface area contributed by atoms with Crippen LogP contribution in [-0.4, -0.2) is 21.4 Å². The van der Waals surface area contributed by atoms with Crippen molar-refractivity contribution >= 4 is 22.7 Å². The second-order valence-electron chi connectivity index (χ2n) is 5.38. The number of hydrogen-bond acceptors (Lipinski definition) is 4. The van der Waals surface area contributed by atoms with Gasteiger partial charge in [-0.1, -0.05) is 30.3 Å². The van der Waals surface area contributed by atoms with Gasteiger partial charge in [0.1, 0.15) is 0 Å². The van der Waals surface area contributed by atoms with Crippen molar-refractivity contribution in [1.29, 1.82) is 0 Å². The summed E-state index contributed by atoms with van der Waals surface area (Å²) in [5, 5.41) is 0.503. The average molecular weight is 336 g/mol. The molecule has 0 saturated carbocycles. The molecule has 3 rings (SSSR count). The fourth-order valence-corrected chi connectivity index (χ4v) is 2.34. The smallest absolute Gasteiger partial charge is 0.269 e. The number of para-hydroxylation sites is 1. The highest BCUT2D eigenvalue weighted by molar-refractivity contribution is 5.95. The largest absolute Gasteiger partial charge is 0.298 e. The molecular weight excluding hydrogens is 320 g/mol. The van der Waals surface area contributed by atoms with Crippen molar-refractivity contribution < 1.29 is 9.59 Å². The molecule has 2 N–H and O–H groups in total. The van der Waals surface area contributed by atoms with Crippen molar-refractivity contribution in [2.24, 2.45) is 0 Å². The number of amides is 2. The highest BCUT2D eigenvalue weighted by Crippen LogP contribution is 2.04. The van der Waals surface area contributed by atoms with E-state index in [-0.39, 0.29) is 18.5 Å². The minimum atomic E-state index is -0.404. The number of benzene rings is 2. The summed E-state index contributed by atoms with van der Waals surface area (Å²) in [7, 11) is 0. The lowest BCUT2D eigenvalue weighted by atomic mass is 10.2.